The van der Waals surface area contributed by atoms with Crippen molar-refractivity contribution in [2.24, 2.45) is 0 Å². The van der Waals surface area contributed by atoms with Gasteiger partial charge in [0.1, 0.15) is 29.2 Å². The van der Waals surface area contributed by atoms with Gasteiger partial charge in [0.2, 0.25) is 0 Å². The summed E-state index contributed by atoms with van der Waals surface area (Å²) in [6.45, 7) is 0. The van der Waals surface area contributed by atoms with Crippen LogP contribution < -0.4 is 9.47 Å². The minimum Gasteiger partial charge on any atom is -0.497 e. The van der Waals surface area contributed by atoms with E-state index in [1.807, 2.05) is 0 Å². The molecule has 2 aromatic rings. The maximum Gasteiger partial charge on any atom is 0.133 e. The van der Waals surface area contributed by atoms with Gasteiger partial charge in [0, 0.05) is 11.6 Å². The Morgan fingerprint density at radius 2 is 1.75 bits per heavy atom. The first-order valence-electron chi connectivity index (χ1n) is 5.92. The quantitative estimate of drug-likeness (QED) is 0.935. The smallest absolute Gasteiger partial charge is 0.133 e. The van der Waals surface area contributed by atoms with Crippen LogP contribution >= 0.6 is 0 Å². The summed E-state index contributed by atoms with van der Waals surface area (Å²) < 4.78 is 37.7. The molecular formula is C15H14F2O3. The van der Waals surface area contributed by atoms with E-state index in [0.717, 1.165) is 6.07 Å². The van der Waals surface area contributed by atoms with Crippen LogP contribution in [0.15, 0.2) is 36.4 Å². The van der Waals surface area contributed by atoms with E-state index in [2.05, 4.69) is 0 Å². The van der Waals surface area contributed by atoms with Crippen molar-refractivity contribution in [1.82, 2.24) is 0 Å². The van der Waals surface area contributed by atoms with Crippen molar-refractivity contribution in [2.45, 2.75) is 6.10 Å². The number of aliphatic hydroxyl groups excluding tert-OH is 1. The highest BCUT2D eigenvalue weighted by Gasteiger charge is 2.22. The van der Waals surface area contributed by atoms with Gasteiger partial charge in [-0.2, -0.15) is 0 Å². The lowest BCUT2D eigenvalue weighted by atomic mass is 9.99. The largest absolute Gasteiger partial charge is 0.497 e. The van der Waals surface area contributed by atoms with Crippen LogP contribution in [0.1, 0.15) is 17.2 Å². The number of hydrogen-bond donors (Lipinski definition) is 1. The summed E-state index contributed by atoms with van der Waals surface area (Å²) in [5, 5.41) is 10.2. The summed E-state index contributed by atoms with van der Waals surface area (Å²) in [7, 11) is 2.76. The Bertz CT molecular complexity index is 614. The van der Waals surface area contributed by atoms with Crippen molar-refractivity contribution in [3.8, 4) is 11.5 Å². The summed E-state index contributed by atoms with van der Waals surface area (Å²) in [6.07, 6.45) is -1.46. The molecule has 0 bridgehead atoms. The molecule has 1 N–H and O–H groups in total. The van der Waals surface area contributed by atoms with Gasteiger partial charge >= 0.3 is 0 Å². The highest BCUT2D eigenvalue weighted by molar-refractivity contribution is 5.42. The number of aliphatic hydroxyl groups is 1. The number of halogens is 2. The van der Waals surface area contributed by atoms with Gasteiger partial charge < -0.3 is 14.6 Å². The molecule has 0 aromatic heterocycles. The predicted octanol–water partition coefficient (Wildman–Crippen LogP) is 3.06. The molecule has 0 saturated carbocycles. The molecular weight excluding hydrogens is 266 g/mol. The van der Waals surface area contributed by atoms with Crippen molar-refractivity contribution in [2.75, 3.05) is 14.2 Å². The molecule has 0 radical (unpaired) electrons. The highest BCUT2D eigenvalue weighted by Crippen LogP contribution is 2.34. The Balaban J connectivity index is 2.49. The van der Waals surface area contributed by atoms with E-state index in [-0.39, 0.29) is 16.9 Å². The van der Waals surface area contributed by atoms with Crippen molar-refractivity contribution in [1.29, 1.82) is 0 Å². The maximum atomic E-state index is 13.9. The molecule has 0 aliphatic rings. The standard InChI is InChI=1S/C15H14F2O3/c1-19-9-6-7-10(12(17)8-9)15(18)14-11(16)4-3-5-13(14)20-2/h3-8,15,18H,1-2H3. The van der Waals surface area contributed by atoms with Gasteiger partial charge in [0.15, 0.2) is 0 Å². The SMILES string of the molecule is COc1ccc(C(O)c2c(F)cccc2OC)c(F)c1. The zero-order chi connectivity index (χ0) is 14.7. The Labute approximate surface area is 115 Å². The molecule has 2 aromatic carbocycles. The molecule has 106 valence electrons. The van der Waals surface area contributed by atoms with E-state index in [9.17, 15) is 13.9 Å². The zero-order valence-electron chi connectivity index (χ0n) is 11.1. The lowest BCUT2D eigenvalue weighted by molar-refractivity contribution is 0.204. The fourth-order valence-corrected chi connectivity index (χ4v) is 1.97. The van der Waals surface area contributed by atoms with Crippen LogP contribution in [0.2, 0.25) is 0 Å². The van der Waals surface area contributed by atoms with Gasteiger partial charge in [-0.25, -0.2) is 8.78 Å². The maximum absolute atomic E-state index is 13.9. The fraction of sp³-hybridized carbons (Fsp3) is 0.200. The third kappa shape index (κ3) is 2.58. The average Bonchev–Trinajstić information content (AvgIpc) is 2.46. The summed E-state index contributed by atoms with van der Waals surface area (Å²) in [5.74, 6) is -0.860. The van der Waals surface area contributed by atoms with E-state index in [1.165, 1.54) is 44.6 Å². The van der Waals surface area contributed by atoms with E-state index in [1.54, 1.807) is 0 Å². The second kappa shape index (κ2) is 5.88. The number of methoxy groups -OCH3 is 2. The fourth-order valence-electron chi connectivity index (χ4n) is 1.97. The molecule has 0 spiro atoms. The molecule has 0 aliphatic heterocycles. The second-order valence-corrected chi connectivity index (χ2v) is 4.15. The molecule has 20 heavy (non-hydrogen) atoms. The van der Waals surface area contributed by atoms with Crippen molar-refractivity contribution < 1.29 is 23.4 Å². The van der Waals surface area contributed by atoms with E-state index >= 15 is 0 Å². The minimum absolute atomic E-state index is 0.0470. The molecule has 0 aliphatic carbocycles. The Hall–Kier alpha value is -2.14. The van der Waals surface area contributed by atoms with E-state index in [0.29, 0.717) is 5.75 Å². The van der Waals surface area contributed by atoms with Crippen LogP contribution in [-0.2, 0) is 0 Å². The summed E-state index contributed by atoms with van der Waals surface area (Å²) >= 11 is 0. The highest BCUT2D eigenvalue weighted by atomic mass is 19.1. The average molecular weight is 280 g/mol. The first-order valence-corrected chi connectivity index (χ1v) is 5.92. The van der Waals surface area contributed by atoms with Crippen LogP contribution in [0.25, 0.3) is 0 Å². The first-order chi connectivity index (χ1) is 9.58. The van der Waals surface area contributed by atoms with Gasteiger partial charge in [-0.05, 0) is 24.3 Å². The van der Waals surface area contributed by atoms with Crippen LogP contribution in [0, 0.1) is 11.6 Å². The monoisotopic (exact) mass is 280 g/mol. The molecule has 1 atom stereocenters. The van der Waals surface area contributed by atoms with Crippen LogP contribution in [-0.4, -0.2) is 19.3 Å². The molecule has 0 fully saturated rings. The number of hydrogen-bond acceptors (Lipinski definition) is 3. The topological polar surface area (TPSA) is 38.7 Å². The van der Waals surface area contributed by atoms with E-state index < -0.39 is 17.7 Å². The van der Waals surface area contributed by atoms with Crippen molar-refractivity contribution in [3.05, 3.63) is 59.2 Å². The minimum atomic E-state index is -1.46. The summed E-state index contributed by atoms with van der Waals surface area (Å²) in [4.78, 5) is 0. The van der Waals surface area contributed by atoms with Gasteiger partial charge in [-0.1, -0.05) is 6.07 Å². The molecule has 5 heteroatoms. The Morgan fingerprint density at radius 1 is 1.00 bits per heavy atom. The number of ether oxygens (including phenoxy) is 2. The normalized spacial score (nSPS) is 12.1. The van der Waals surface area contributed by atoms with Gasteiger partial charge in [0.05, 0.1) is 19.8 Å². The van der Waals surface area contributed by atoms with Gasteiger partial charge in [-0.3, -0.25) is 0 Å². The van der Waals surface area contributed by atoms with Crippen molar-refractivity contribution in [3.63, 3.8) is 0 Å². The molecule has 0 saturated heterocycles. The van der Waals surface area contributed by atoms with Crippen LogP contribution in [0.4, 0.5) is 8.78 Å². The molecule has 3 nitrogen and oxygen atoms in total. The molecule has 0 amide bonds. The van der Waals surface area contributed by atoms with Gasteiger partial charge in [-0.15, -0.1) is 0 Å². The first kappa shape index (κ1) is 14.3. The van der Waals surface area contributed by atoms with Gasteiger partial charge in [0.25, 0.3) is 0 Å². The molecule has 0 heterocycles. The van der Waals surface area contributed by atoms with Crippen LogP contribution in [0.3, 0.4) is 0 Å². The van der Waals surface area contributed by atoms with Crippen molar-refractivity contribution >= 4 is 0 Å². The number of rotatable bonds is 4. The Morgan fingerprint density at radius 3 is 2.35 bits per heavy atom. The summed E-state index contributed by atoms with van der Waals surface area (Å²) in [5.41, 5.74) is -0.145. The lowest BCUT2D eigenvalue weighted by Crippen LogP contribution is -2.07. The molecule has 1 unspecified atom stereocenters. The predicted molar refractivity (Wildman–Crippen MR) is 70.0 cm³/mol. The molecule has 2 rings (SSSR count). The number of benzene rings is 2. The summed E-state index contributed by atoms with van der Waals surface area (Å²) in [6, 6.07) is 8.12. The third-order valence-electron chi connectivity index (χ3n) is 3.01. The Kier molecular flexibility index (Phi) is 4.20. The third-order valence-corrected chi connectivity index (χ3v) is 3.01. The van der Waals surface area contributed by atoms with Crippen LogP contribution in [0.5, 0.6) is 11.5 Å². The lowest BCUT2D eigenvalue weighted by Gasteiger charge is -2.17. The zero-order valence-corrected chi connectivity index (χ0v) is 11.1. The second-order valence-electron chi connectivity index (χ2n) is 4.15. The van der Waals surface area contributed by atoms with E-state index in [4.69, 9.17) is 9.47 Å².